The van der Waals surface area contributed by atoms with Crippen LogP contribution in [0.15, 0.2) is 0 Å². The van der Waals surface area contributed by atoms with E-state index in [4.69, 9.17) is 5.73 Å². The predicted octanol–water partition coefficient (Wildman–Crippen LogP) is 1.50. The minimum atomic E-state index is 0.693. The molecule has 0 aromatic rings. The molecule has 0 aliphatic rings. The molecule has 11 heavy (non-hydrogen) atoms. The van der Waals surface area contributed by atoms with E-state index in [0.717, 1.165) is 19.5 Å². The number of hydrogen-bond acceptors (Lipinski definition) is 2. The smallest absolute Gasteiger partial charge is 0.00649 e. The Hall–Kier alpha value is -0.0800. The van der Waals surface area contributed by atoms with Crippen molar-refractivity contribution in [3.8, 4) is 0 Å². The summed E-state index contributed by atoms with van der Waals surface area (Å²) in [4.78, 5) is 0. The Balaban J connectivity index is 3.25. The Bertz CT molecular complexity index is 66.0. The highest BCUT2D eigenvalue weighted by molar-refractivity contribution is 4.64. The Kier molecular flexibility index (Phi) is 7.96. The lowest BCUT2D eigenvalue weighted by atomic mass is 10.1. The molecular weight excluding hydrogens is 136 g/mol. The summed E-state index contributed by atoms with van der Waals surface area (Å²) in [5.74, 6) is 0. The van der Waals surface area contributed by atoms with E-state index in [0.29, 0.717) is 6.04 Å². The molecule has 1 unspecified atom stereocenters. The van der Waals surface area contributed by atoms with Crippen LogP contribution in [0.1, 0.15) is 39.5 Å². The first kappa shape index (κ1) is 10.9. The molecule has 0 aromatic carbocycles. The fourth-order valence-electron chi connectivity index (χ4n) is 1.16. The van der Waals surface area contributed by atoms with E-state index in [-0.39, 0.29) is 0 Å². The van der Waals surface area contributed by atoms with Crippen LogP contribution in [-0.2, 0) is 0 Å². The zero-order valence-corrected chi connectivity index (χ0v) is 7.90. The maximum Gasteiger partial charge on any atom is 0.00649 e. The van der Waals surface area contributed by atoms with Gasteiger partial charge in [0.15, 0.2) is 0 Å². The SMILES string of the molecule is CCCNC(CC)CCCN. The van der Waals surface area contributed by atoms with E-state index >= 15 is 0 Å². The van der Waals surface area contributed by atoms with Gasteiger partial charge in [-0.1, -0.05) is 13.8 Å². The van der Waals surface area contributed by atoms with Crippen molar-refractivity contribution in [2.24, 2.45) is 5.73 Å². The second kappa shape index (κ2) is 8.02. The van der Waals surface area contributed by atoms with Crippen LogP contribution < -0.4 is 11.1 Å². The van der Waals surface area contributed by atoms with Gasteiger partial charge in [-0.3, -0.25) is 0 Å². The largest absolute Gasteiger partial charge is 0.330 e. The summed E-state index contributed by atoms with van der Waals surface area (Å²) in [7, 11) is 0. The molecular formula is C9H22N2. The van der Waals surface area contributed by atoms with E-state index in [9.17, 15) is 0 Å². The maximum atomic E-state index is 5.43. The maximum absolute atomic E-state index is 5.43. The van der Waals surface area contributed by atoms with E-state index in [1.807, 2.05) is 0 Å². The zero-order valence-electron chi connectivity index (χ0n) is 7.90. The summed E-state index contributed by atoms with van der Waals surface area (Å²) in [5.41, 5.74) is 5.43. The summed E-state index contributed by atoms with van der Waals surface area (Å²) < 4.78 is 0. The van der Waals surface area contributed by atoms with Gasteiger partial charge in [-0.05, 0) is 38.8 Å². The van der Waals surface area contributed by atoms with Gasteiger partial charge in [-0.15, -0.1) is 0 Å². The minimum Gasteiger partial charge on any atom is -0.330 e. The number of hydrogen-bond donors (Lipinski definition) is 2. The number of rotatable bonds is 7. The Morgan fingerprint density at radius 2 is 2.09 bits per heavy atom. The van der Waals surface area contributed by atoms with Gasteiger partial charge in [0.25, 0.3) is 0 Å². The van der Waals surface area contributed by atoms with Gasteiger partial charge in [-0.2, -0.15) is 0 Å². The van der Waals surface area contributed by atoms with E-state index < -0.39 is 0 Å². The minimum absolute atomic E-state index is 0.693. The average molecular weight is 158 g/mol. The van der Waals surface area contributed by atoms with Crippen molar-refractivity contribution in [3.05, 3.63) is 0 Å². The van der Waals surface area contributed by atoms with Crippen molar-refractivity contribution in [1.82, 2.24) is 5.32 Å². The van der Waals surface area contributed by atoms with Gasteiger partial charge in [0, 0.05) is 6.04 Å². The van der Waals surface area contributed by atoms with Crippen LogP contribution in [0.2, 0.25) is 0 Å². The van der Waals surface area contributed by atoms with Crippen LogP contribution >= 0.6 is 0 Å². The third kappa shape index (κ3) is 6.32. The molecule has 0 spiro atoms. The number of nitrogens with one attached hydrogen (secondary N) is 1. The normalized spacial score (nSPS) is 13.4. The van der Waals surface area contributed by atoms with Crippen molar-refractivity contribution in [1.29, 1.82) is 0 Å². The van der Waals surface area contributed by atoms with Crippen molar-refractivity contribution in [2.75, 3.05) is 13.1 Å². The lowest BCUT2D eigenvalue weighted by molar-refractivity contribution is 0.458. The lowest BCUT2D eigenvalue weighted by Gasteiger charge is -2.15. The molecule has 68 valence electrons. The second-order valence-electron chi connectivity index (χ2n) is 2.99. The topological polar surface area (TPSA) is 38.0 Å². The highest BCUT2D eigenvalue weighted by Gasteiger charge is 2.02. The van der Waals surface area contributed by atoms with Gasteiger partial charge in [0.2, 0.25) is 0 Å². The molecule has 2 heteroatoms. The van der Waals surface area contributed by atoms with Gasteiger partial charge >= 0.3 is 0 Å². The van der Waals surface area contributed by atoms with Gasteiger partial charge in [0.1, 0.15) is 0 Å². The summed E-state index contributed by atoms with van der Waals surface area (Å²) in [6.45, 7) is 6.39. The molecule has 0 bridgehead atoms. The lowest BCUT2D eigenvalue weighted by Crippen LogP contribution is -2.29. The second-order valence-corrected chi connectivity index (χ2v) is 2.99. The molecule has 0 amide bonds. The highest BCUT2D eigenvalue weighted by Crippen LogP contribution is 1.99. The molecule has 0 radical (unpaired) electrons. The van der Waals surface area contributed by atoms with E-state index in [1.165, 1.54) is 19.3 Å². The summed E-state index contributed by atoms with van der Waals surface area (Å²) in [6.07, 6.45) is 4.82. The summed E-state index contributed by atoms with van der Waals surface area (Å²) in [5, 5.41) is 3.50. The van der Waals surface area contributed by atoms with Gasteiger partial charge in [-0.25, -0.2) is 0 Å². The molecule has 0 saturated carbocycles. The fourth-order valence-corrected chi connectivity index (χ4v) is 1.16. The van der Waals surface area contributed by atoms with Crippen molar-refractivity contribution < 1.29 is 0 Å². The van der Waals surface area contributed by atoms with Crippen LogP contribution in [0.5, 0.6) is 0 Å². The fraction of sp³-hybridized carbons (Fsp3) is 1.00. The monoisotopic (exact) mass is 158 g/mol. The first-order valence-electron chi connectivity index (χ1n) is 4.78. The van der Waals surface area contributed by atoms with E-state index in [2.05, 4.69) is 19.2 Å². The quantitative estimate of drug-likeness (QED) is 0.589. The van der Waals surface area contributed by atoms with Crippen molar-refractivity contribution in [3.63, 3.8) is 0 Å². The Labute approximate surface area is 70.5 Å². The highest BCUT2D eigenvalue weighted by atomic mass is 14.9. The van der Waals surface area contributed by atoms with Crippen LogP contribution in [0, 0.1) is 0 Å². The van der Waals surface area contributed by atoms with E-state index in [1.54, 1.807) is 0 Å². The van der Waals surface area contributed by atoms with Gasteiger partial charge in [0.05, 0.1) is 0 Å². The first-order valence-corrected chi connectivity index (χ1v) is 4.78. The molecule has 0 aliphatic heterocycles. The molecule has 2 nitrogen and oxygen atoms in total. The van der Waals surface area contributed by atoms with Gasteiger partial charge < -0.3 is 11.1 Å². The first-order chi connectivity index (χ1) is 5.35. The molecule has 0 rings (SSSR count). The molecule has 0 fully saturated rings. The summed E-state index contributed by atoms with van der Waals surface area (Å²) >= 11 is 0. The van der Waals surface area contributed by atoms with Crippen molar-refractivity contribution >= 4 is 0 Å². The third-order valence-corrected chi connectivity index (χ3v) is 1.93. The van der Waals surface area contributed by atoms with Crippen molar-refractivity contribution in [2.45, 2.75) is 45.6 Å². The molecule has 0 aromatic heterocycles. The average Bonchev–Trinajstić information content (AvgIpc) is 2.05. The predicted molar refractivity (Wildman–Crippen MR) is 50.7 cm³/mol. The van der Waals surface area contributed by atoms with Crippen LogP contribution in [0.3, 0.4) is 0 Å². The Morgan fingerprint density at radius 1 is 1.36 bits per heavy atom. The Morgan fingerprint density at radius 3 is 2.55 bits per heavy atom. The summed E-state index contributed by atoms with van der Waals surface area (Å²) in [6, 6.07) is 0.693. The zero-order chi connectivity index (χ0) is 8.53. The van der Waals surface area contributed by atoms with Crippen LogP contribution in [-0.4, -0.2) is 19.1 Å². The molecule has 0 heterocycles. The third-order valence-electron chi connectivity index (χ3n) is 1.93. The number of nitrogens with two attached hydrogens (primary N) is 1. The molecule has 1 atom stereocenters. The molecule has 3 N–H and O–H groups in total. The molecule has 0 aliphatic carbocycles. The molecule has 0 saturated heterocycles. The van der Waals surface area contributed by atoms with Crippen LogP contribution in [0.4, 0.5) is 0 Å². The van der Waals surface area contributed by atoms with Crippen LogP contribution in [0.25, 0.3) is 0 Å². The standard InChI is InChI=1S/C9H22N2/c1-3-8-11-9(4-2)6-5-7-10/h9,11H,3-8,10H2,1-2H3.